The van der Waals surface area contributed by atoms with E-state index in [9.17, 15) is 14.9 Å². The molecule has 0 bridgehead atoms. The molecule has 0 aromatic heterocycles. The number of fused-ring (bicyclic) bond motifs is 1. The van der Waals surface area contributed by atoms with Crippen molar-refractivity contribution in [1.82, 2.24) is 0 Å². The van der Waals surface area contributed by atoms with Gasteiger partial charge in [0.25, 0.3) is 5.69 Å². The van der Waals surface area contributed by atoms with Gasteiger partial charge in [-0.2, -0.15) is 0 Å². The molecular formula is C25H31NO9. The fraction of sp³-hybridized carbons (Fsp3) is 0.720. The van der Waals surface area contributed by atoms with Crippen LogP contribution in [0.15, 0.2) is 24.3 Å². The Hall–Kier alpha value is -2.11. The van der Waals surface area contributed by atoms with Crippen molar-refractivity contribution in [2.45, 2.75) is 106 Å². The van der Waals surface area contributed by atoms with Crippen LogP contribution in [-0.4, -0.2) is 59.8 Å². The number of rotatable bonds is 4. The highest BCUT2D eigenvalue weighted by Crippen LogP contribution is 2.48. The lowest BCUT2D eigenvalue weighted by atomic mass is 9.94. The SMILES string of the molecule is O=C(OC1C(C2COC3(CCCCC3)O2)OC2OC3(CCCCC3)OC21)c1ccc([N+](=O)[O-])cc1. The van der Waals surface area contributed by atoms with Gasteiger partial charge in [0.05, 0.1) is 17.1 Å². The Morgan fingerprint density at radius 1 is 0.886 bits per heavy atom. The molecule has 5 fully saturated rings. The first kappa shape index (κ1) is 23.3. The van der Waals surface area contributed by atoms with E-state index in [0.717, 1.165) is 57.8 Å². The first-order valence-corrected chi connectivity index (χ1v) is 12.7. The molecule has 2 saturated carbocycles. The molecule has 0 amide bonds. The Balaban J connectivity index is 1.22. The van der Waals surface area contributed by atoms with Crippen LogP contribution < -0.4 is 0 Å². The van der Waals surface area contributed by atoms with Crippen molar-refractivity contribution in [3.05, 3.63) is 39.9 Å². The van der Waals surface area contributed by atoms with Gasteiger partial charge >= 0.3 is 5.97 Å². The third-order valence-corrected chi connectivity index (χ3v) is 7.92. The predicted molar refractivity (Wildman–Crippen MR) is 119 cm³/mol. The number of carbonyl (C=O) groups is 1. The van der Waals surface area contributed by atoms with Crippen LogP contribution in [0.25, 0.3) is 0 Å². The van der Waals surface area contributed by atoms with Crippen LogP contribution in [0.1, 0.15) is 74.6 Å². The molecule has 3 heterocycles. The van der Waals surface area contributed by atoms with Crippen LogP contribution in [0, 0.1) is 10.1 Å². The van der Waals surface area contributed by atoms with Crippen LogP contribution in [0.3, 0.4) is 0 Å². The van der Waals surface area contributed by atoms with Gasteiger partial charge in [-0.15, -0.1) is 0 Å². The number of carbonyl (C=O) groups excluding carboxylic acids is 1. The number of esters is 1. The average molecular weight is 490 g/mol. The van der Waals surface area contributed by atoms with E-state index in [0.29, 0.717) is 6.61 Å². The van der Waals surface area contributed by atoms with Crippen molar-refractivity contribution in [1.29, 1.82) is 0 Å². The second-order valence-corrected chi connectivity index (χ2v) is 10.3. The number of benzene rings is 1. The maximum atomic E-state index is 13.1. The van der Waals surface area contributed by atoms with Crippen molar-refractivity contribution < 1.29 is 38.1 Å². The zero-order valence-electron chi connectivity index (χ0n) is 19.6. The molecule has 5 unspecified atom stereocenters. The van der Waals surface area contributed by atoms with Gasteiger partial charge in [-0.3, -0.25) is 10.1 Å². The number of non-ortho nitro benzene ring substituents is 1. The summed E-state index contributed by atoms with van der Waals surface area (Å²) in [4.78, 5) is 23.5. The predicted octanol–water partition coefficient (Wildman–Crippen LogP) is 4.00. The Labute approximate surface area is 203 Å². The smallest absolute Gasteiger partial charge is 0.338 e. The first-order chi connectivity index (χ1) is 17.0. The van der Waals surface area contributed by atoms with Gasteiger partial charge < -0.3 is 28.4 Å². The van der Waals surface area contributed by atoms with E-state index >= 15 is 0 Å². The molecule has 3 aliphatic heterocycles. The van der Waals surface area contributed by atoms with Crippen molar-refractivity contribution in [3.8, 4) is 0 Å². The van der Waals surface area contributed by atoms with E-state index in [1.807, 2.05) is 0 Å². The Bertz CT molecular complexity index is 954. The summed E-state index contributed by atoms with van der Waals surface area (Å²) in [6.07, 6.45) is 6.68. The topological polar surface area (TPSA) is 116 Å². The number of hydrogen-bond acceptors (Lipinski definition) is 9. The van der Waals surface area contributed by atoms with Crippen LogP contribution in [0.5, 0.6) is 0 Å². The van der Waals surface area contributed by atoms with Crippen molar-refractivity contribution >= 4 is 11.7 Å². The van der Waals surface area contributed by atoms with E-state index in [4.69, 9.17) is 28.4 Å². The Morgan fingerprint density at radius 2 is 1.54 bits per heavy atom. The van der Waals surface area contributed by atoms with Gasteiger partial charge in [-0.25, -0.2) is 4.79 Å². The molecule has 190 valence electrons. The first-order valence-electron chi connectivity index (χ1n) is 12.7. The lowest BCUT2D eigenvalue weighted by Gasteiger charge is -2.35. The number of hydrogen-bond donors (Lipinski definition) is 0. The third-order valence-electron chi connectivity index (χ3n) is 7.92. The zero-order chi connectivity index (χ0) is 24.0. The van der Waals surface area contributed by atoms with Crippen LogP contribution in [0.2, 0.25) is 0 Å². The van der Waals surface area contributed by atoms with E-state index in [-0.39, 0.29) is 11.3 Å². The molecule has 35 heavy (non-hydrogen) atoms. The molecule has 3 saturated heterocycles. The summed E-state index contributed by atoms with van der Waals surface area (Å²) in [6.45, 7) is 0.348. The highest BCUT2D eigenvalue weighted by Gasteiger charge is 2.62. The second kappa shape index (κ2) is 9.08. The van der Waals surface area contributed by atoms with Crippen LogP contribution >= 0.6 is 0 Å². The van der Waals surface area contributed by atoms with Crippen molar-refractivity contribution in [3.63, 3.8) is 0 Å². The molecular weight excluding hydrogens is 458 g/mol. The molecule has 10 heteroatoms. The molecule has 2 aliphatic carbocycles. The van der Waals surface area contributed by atoms with Gasteiger partial charge in [0, 0.05) is 37.8 Å². The fourth-order valence-electron chi connectivity index (χ4n) is 6.12. The van der Waals surface area contributed by atoms with Crippen molar-refractivity contribution in [2.24, 2.45) is 0 Å². The summed E-state index contributed by atoms with van der Waals surface area (Å²) < 4.78 is 37.5. The minimum Gasteiger partial charge on any atom is -0.453 e. The largest absolute Gasteiger partial charge is 0.453 e. The van der Waals surface area contributed by atoms with Crippen LogP contribution in [-0.2, 0) is 28.4 Å². The summed E-state index contributed by atoms with van der Waals surface area (Å²) in [5, 5.41) is 11.0. The Kier molecular flexibility index (Phi) is 6.04. The monoisotopic (exact) mass is 489 g/mol. The van der Waals surface area contributed by atoms with Gasteiger partial charge in [-0.05, 0) is 37.8 Å². The van der Waals surface area contributed by atoms with Gasteiger partial charge in [0.15, 0.2) is 30.1 Å². The Morgan fingerprint density at radius 3 is 2.20 bits per heavy atom. The average Bonchev–Trinajstić information content (AvgIpc) is 3.52. The van der Waals surface area contributed by atoms with E-state index in [1.165, 1.54) is 30.7 Å². The lowest BCUT2D eigenvalue weighted by Crippen LogP contribution is -2.46. The summed E-state index contributed by atoms with van der Waals surface area (Å²) in [5.74, 6) is -1.89. The standard InChI is InChI=1S/C25H31NO9/c27-22(16-7-9-17(10-8-16)26(28)29)31-20-19(18-15-30-24(33-18)11-3-1-4-12-24)32-23-21(20)34-25(35-23)13-5-2-6-14-25/h7-10,18-21,23H,1-6,11-15H2. The summed E-state index contributed by atoms with van der Waals surface area (Å²) in [6, 6.07) is 5.36. The van der Waals surface area contributed by atoms with E-state index < -0.39 is 53.2 Å². The summed E-state index contributed by atoms with van der Waals surface area (Å²) in [7, 11) is 0. The normalized spacial score (nSPS) is 35.3. The minimum atomic E-state index is -0.753. The number of nitrogens with zero attached hydrogens (tertiary/aromatic N) is 1. The quantitative estimate of drug-likeness (QED) is 0.351. The number of ether oxygens (including phenoxy) is 6. The summed E-state index contributed by atoms with van der Waals surface area (Å²) >= 11 is 0. The molecule has 2 spiro atoms. The fourth-order valence-corrected chi connectivity index (χ4v) is 6.12. The van der Waals surface area contributed by atoms with Gasteiger partial charge in [-0.1, -0.05) is 12.8 Å². The molecule has 0 radical (unpaired) electrons. The highest BCUT2D eigenvalue weighted by atomic mass is 16.9. The summed E-state index contributed by atoms with van der Waals surface area (Å²) in [5.41, 5.74) is 0.126. The number of nitro benzene ring substituents is 1. The molecule has 1 aromatic carbocycles. The van der Waals surface area contributed by atoms with Gasteiger partial charge in [0.1, 0.15) is 12.2 Å². The van der Waals surface area contributed by atoms with Gasteiger partial charge in [0.2, 0.25) is 0 Å². The van der Waals surface area contributed by atoms with E-state index in [2.05, 4.69) is 0 Å². The molecule has 0 N–H and O–H groups in total. The second-order valence-electron chi connectivity index (χ2n) is 10.3. The van der Waals surface area contributed by atoms with Crippen LogP contribution in [0.4, 0.5) is 5.69 Å². The van der Waals surface area contributed by atoms with E-state index in [1.54, 1.807) is 0 Å². The maximum absolute atomic E-state index is 13.1. The molecule has 1 aromatic rings. The zero-order valence-corrected chi connectivity index (χ0v) is 19.6. The molecule has 6 rings (SSSR count). The maximum Gasteiger partial charge on any atom is 0.338 e. The van der Waals surface area contributed by atoms with Crippen molar-refractivity contribution in [2.75, 3.05) is 6.61 Å². The minimum absolute atomic E-state index is 0.0928. The lowest BCUT2D eigenvalue weighted by molar-refractivity contribution is -0.384. The molecule has 5 aliphatic rings. The highest BCUT2D eigenvalue weighted by molar-refractivity contribution is 5.89. The third kappa shape index (κ3) is 4.35. The molecule has 10 nitrogen and oxygen atoms in total. The number of nitro groups is 1. The molecule has 5 atom stereocenters.